The molecule has 2 bridgehead atoms. The average molecular weight is 785 g/mol. The second-order valence-corrected chi connectivity index (χ2v) is 19.7. The van der Waals surface area contributed by atoms with E-state index in [1.807, 2.05) is 48.5 Å². The number of nitrogens with zero attached hydrogens (tertiary/aromatic N) is 8. The molecule has 0 radical (unpaired) electrons. The lowest BCUT2D eigenvalue weighted by molar-refractivity contribution is -0.0415. The van der Waals surface area contributed by atoms with Crippen LogP contribution >= 0.6 is 0 Å². The van der Waals surface area contributed by atoms with Gasteiger partial charge in [-0.2, -0.15) is 17.0 Å². The molecule has 0 N–H and O–H groups in total. The van der Waals surface area contributed by atoms with E-state index in [1.54, 1.807) is 24.6 Å². The highest BCUT2D eigenvalue weighted by molar-refractivity contribution is 7.86. The highest BCUT2D eigenvalue weighted by Crippen LogP contribution is 2.44. The number of benzene rings is 1. The minimum Gasteiger partial charge on any atom is -0.451 e. The van der Waals surface area contributed by atoms with Gasteiger partial charge in [0.1, 0.15) is 23.5 Å². The second kappa shape index (κ2) is 15.1. The zero-order chi connectivity index (χ0) is 39.4. The zero-order valence-corrected chi connectivity index (χ0v) is 34.1. The number of ether oxygens (including phenoxy) is 2. The number of hydrogen-bond acceptors (Lipinski definition) is 10. The van der Waals surface area contributed by atoms with Gasteiger partial charge in [-0.1, -0.05) is 0 Å². The third kappa shape index (κ3) is 8.14. The number of piperazine rings is 1. The van der Waals surface area contributed by atoms with Gasteiger partial charge in [-0.25, -0.2) is 19.2 Å². The number of aromatic nitrogens is 2. The van der Waals surface area contributed by atoms with Gasteiger partial charge in [0.15, 0.2) is 11.6 Å². The van der Waals surface area contributed by atoms with Gasteiger partial charge >= 0.3 is 6.09 Å². The van der Waals surface area contributed by atoms with Crippen LogP contribution in [0.1, 0.15) is 84.5 Å². The number of halogens is 1. The molecule has 5 aliphatic rings. The number of amides is 2. The Balaban J connectivity index is 0.905. The van der Waals surface area contributed by atoms with Crippen LogP contribution in [0.15, 0.2) is 30.7 Å². The highest BCUT2D eigenvalue weighted by Gasteiger charge is 2.54. The number of hydrogen-bond donors (Lipinski definition) is 0. The fourth-order valence-electron chi connectivity index (χ4n) is 9.38. The number of likely N-dealkylation sites (tertiary alicyclic amines) is 2. The van der Waals surface area contributed by atoms with Gasteiger partial charge in [0, 0.05) is 77.0 Å². The third-order valence-corrected chi connectivity index (χ3v) is 13.9. The van der Waals surface area contributed by atoms with Crippen molar-refractivity contribution in [1.29, 1.82) is 0 Å². The lowest BCUT2D eigenvalue weighted by Gasteiger charge is -2.54. The first-order valence-corrected chi connectivity index (χ1v) is 21.2. The van der Waals surface area contributed by atoms with E-state index in [-0.39, 0.29) is 52.9 Å². The Kier molecular flexibility index (Phi) is 10.8. The third-order valence-electron chi connectivity index (χ3n) is 11.8. The van der Waals surface area contributed by atoms with Gasteiger partial charge in [-0.15, -0.1) is 0 Å². The van der Waals surface area contributed by atoms with Gasteiger partial charge < -0.3 is 29.1 Å². The smallest absolute Gasteiger partial charge is 0.410 e. The molecule has 16 heteroatoms. The number of carbonyl (C=O) groups excluding carboxylic acids is 2. The maximum atomic E-state index is 14.4. The molecule has 6 heterocycles. The summed E-state index contributed by atoms with van der Waals surface area (Å²) >= 11 is 0. The first-order chi connectivity index (χ1) is 25.9. The Morgan fingerprint density at radius 2 is 1.71 bits per heavy atom. The highest BCUT2D eigenvalue weighted by atomic mass is 32.2. The molecule has 7 rings (SSSR count). The Morgan fingerprint density at radius 3 is 2.35 bits per heavy atom. The second-order valence-electron chi connectivity index (χ2n) is 17.8. The molecular formula is C39H57FN8O6S. The van der Waals surface area contributed by atoms with Crippen molar-refractivity contribution < 1.29 is 31.9 Å². The van der Waals surface area contributed by atoms with Crippen LogP contribution in [0.5, 0.6) is 11.5 Å². The van der Waals surface area contributed by atoms with Crippen molar-refractivity contribution in [1.82, 2.24) is 33.3 Å². The number of fused-ring (bicyclic) bond motifs is 2. The van der Waals surface area contributed by atoms with Gasteiger partial charge in [-0.05, 0) is 104 Å². The molecule has 5 aliphatic heterocycles. The van der Waals surface area contributed by atoms with Crippen LogP contribution in [0.25, 0.3) is 0 Å². The van der Waals surface area contributed by atoms with Gasteiger partial charge in [-0.3, -0.25) is 4.79 Å². The monoisotopic (exact) mass is 784 g/mol. The van der Waals surface area contributed by atoms with E-state index in [1.165, 1.54) is 24.5 Å². The molecule has 302 valence electrons. The first kappa shape index (κ1) is 39.6. The van der Waals surface area contributed by atoms with Crippen molar-refractivity contribution in [2.75, 3.05) is 63.8 Å². The summed E-state index contributed by atoms with van der Waals surface area (Å²) in [4.78, 5) is 43.2. The van der Waals surface area contributed by atoms with E-state index in [2.05, 4.69) is 19.8 Å². The zero-order valence-electron chi connectivity index (χ0n) is 33.3. The molecule has 3 atom stereocenters. The maximum absolute atomic E-state index is 14.4. The number of rotatable bonds is 10. The quantitative estimate of drug-likeness (QED) is 0.330. The number of piperidine rings is 1. The number of carbonyl (C=O) groups is 2. The summed E-state index contributed by atoms with van der Waals surface area (Å²) < 4.78 is 57.1. The Morgan fingerprint density at radius 1 is 1.00 bits per heavy atom. The van der Waals surface area contributed by atoms with Crippen molar-refractivity contribution in [2.45, 2.75) is 104 Å². The van der Waals surface area contributed by atoms with Crippen LogP contribution in [-0.4, -0.2) is 142 Å². The summed E-state index contributed by atoms with van der Waals surface area (Å²) in [5.74, 6) is 0.914. The van der Waals surface area contributed by atoms with Crippen LogP contribution in [0.3, 0.4) is 0 Å². The predicted molar refractivity (Wildman–Crippen MR) is 206 cm³/mol. The van der Waals surface area contributed by atoms with E-state index >= 15 is 0 Å². The van der Waals surface area contributed by atoms with Crippen molar-refractivity contribution in [3.05, 3.63) is 42.1 Å². The molecule has 2 aromatic rings. The van der Waals surface area contributed by atoms with Crippen molar-refractivity contribution in [3.63, 3.8) is 0 Å². The SMILES string of the molecule is CC(C)N(C(=O)c1cc(F)ccc1Oc1cncnc1N1CC[C@@H](CN2CC3(CCN(S(=O)(=O)N4C[C@@H]5C[C@H]4CN5C(=O)OC(C)(C)C)CC3)C2)C1)C(C)C. The molecule has 1 spiro atoms. The Hall–Kier alpha value is -3.60. The normalized spacial score (nSPS) is 24.6. The molecule has 0 aliphatic carbocycles. The summed E-state index contributed by atoms with van der Waals surface area (Å²) in [7, 11) is -3.61. The largest absolute Gasteiger partial charge is 0.451 e. The molecular weight excluding hydrogens is 728 g/mol. The average Bonchev–Trinajstić information content (AvgIpc) is 3.85. The predicted octanol–water partition coefficient (Wildman–Crippen LogP) is 4.83. The van der Waals surface area contributed by atoms with Crippen molar-refractivity contribution >= 4 is 28.0 Å². The van der Waals surface area contributed by atoms with E-state index in [0.717, 1.165) is 52.0 Å². The standard InChI is InChI=1S/C39H57FN8O6S/c1-26(2)48(27(3)4)36(49)32-16-29(40)8-9-33(32)53-34-18-41-25-42-35(34)44-13-10-28(20-44)19-43-23-39(24-43)11-14-45(15-12-39)55(51,52)47-22-30-17-31(47)21-46(30)37(50)54-38(5,6)7/h8-9,16,18,25-28,30-31H,10-15,17,19-24H2,1-7H3/t28-,30-,31-/m0/s1. The van der Waals surface area contributed by atoms with E-state index < -0.39 is 21.6 Å². The summed E-state index contributed by atoms with van der Waals surface area (Å²) in [6.07, 6.45) is 6.04. The Labute approximate surface area is 325 Å². The van der Waals surface area contributed by atoms with Gasteiger partial charge in [0.05, 0.1) is 17.8 Å². The molecule has 14 nitrogen and oxygen atoms in total. The van der Waals surface area contributed by atoms with Crippen molar-refractivity contribution in [3.8, 4) is 11.5 Å². The number of anilines is 1. The van der Waals surface area contributed by atoms with E-state index in [0.29, 0.717) is 50.1 Å². The molecule has 1 aromatic heterocycles. The molecule has 55 heavy (non-hydrogen) atoms. The van der Waals surface area contributed by atoms with Gasteiger partial charge in [0.25, 0.3) is 16.1 Å². The van der Waals surface area contributed by atoms with Gasteiger partial charge in [0.2, 0.25) is 0 Å². The molecule has 1 aromatic carbocycles. The summed E-state index contributed by atoms with van der Waals surface area (Å²) in [6, 6.07) is 3.50. The fourth-order valence-corrected chi connectivity index (χ4v) is 11.2. The summed E-state index contributed by atoms with van der Waals surface area (Å²) in [6.45, 7) is 19.4. The lowest BCUT2D eigenvalue weighted by Crippen LogP contribution is -2.63. The van der Waals surface area contributed by atoms with Crippen LogP contribution in [-0.2, 0) is 14.9 Å². The maximum Gasteiger partial charge on any atom is 0.410 e. The van der Waals surface area contributed by atoms with Crippen LogP contribution in [0.4, 0.5) is 15.0 Å². The van der Waals surface area contributed by atoms with E-state index in [4.69, 9.17) is 9.47 Å². The minimum atomic E-state index is -3.61. The van der Waals surface area contributed by atoms with Crippen LogP contribution in [0.2, 0.25) is 0 Å². The Bertz CT molecular complexity index is 1850. The van der Waals surface area contributed by atoms with Crippen LogP contribution < -0.4 is 9.64 Å². The van der Waals surface area contributed by atoms with Crippen molar-refractivity contribution in [2.24, 2.45) is 11.3 Å². The van der Waals surface area contributed by atoms with E-state index in [9.17, 15) is 22.4 Å². The molecule has 5 fully saturated rings. The summed E-state index contributed by atoms with van der Waals surface area (Å²) in [5, 5.41) is 0. The summed E-state index contributed by atoms with van der Waals surface area (Å²) in [5.41, 5.74) is -0.298. The molecule has 2 amide bonds. The minimum absolute atomic E-state index is 0.0807. The molecule has 5 saturated heterocycles. The first-order valence-electron chi connectivity index (χ1n) is 19.8. The molecule has 0 unspecified atom stereocenters. The topological polar surface area (TPSA) is 132 Å². The van der Waals surface area contributed by atoms with Crippen LogP contribution in [0, 0.1) is 17.2 Å². The molecule has 0 saturated carbocycles. The fraction of sp³-hybridized carbons (Fsp3) is 0.692. The lowest BCUT2D eigenvalue weighted by atomic mass is 9.72.